The number of carbonyl (C=O) groups is 2. The summed E-state index contributed by atoms with van der Waals surface area (Å²) in [5.41, 5.74) is -2.21. The van der Waals surface area contributed by atoms with E-state index in [1.165, 1.54) is 0 Å². The van der Waals surface area contributed by atoms with Gasteiger partial charge in [0.05, 0.1) is 0 Å². The Labute approximate surface area is 132 Å². The second-order valence-electron chi connectivity index (χ2n) is 5.46. The van der Waals surface area contributed by atoms with E-state index in [0.29, 0.717) is 0 Å². The number of alkyl halides is 3. The van der Waals surface area contributed by atoms with E-state index in [-0.39, 0.29) is 12.3 Å². The second kappa shape index (κ2) is 5.70. The first-order valence-corrected chi connectivity index (χ1v) is 7.12. The van der Waals surface area contributed by atoms with Crippen molar-refractivity contribution in [2.45, 2.75) is 43.4 Å². The molecule has 0 aliphatic carbocycles. The van der Waals surface area contributed by atoms with Gasteiger partial charge in [-0.3, -0.25) is 0 Å². The predicted octanol–water partition coefficient (Wildman–Crippen LogP) is 3.05. The van der Waals surface area contributed by atoms with E-state index < -0.39 is 33.3 Å². The van der Waals surface area contributed by atoms with Crippen molar-refractivity contribution in [3.63, 3.8) is 0 Å². The van der Waals surface area contributed by atoms with Crippen LogP contribution in [0.3, 0.4) is 0 Å². The third-order valence-electron chi connectivity index (χ3n) is 2.68. The van der Waals surface area contributed by atoms with Crippen LogP contribution in [0.15, 0.2) is 4.99 Å². The lowest BCUT2D eigenvalue weighted by Crippen LogP contribution is -2.44. The summed E-state index contributed by atoms with van der Waals surface area (Å²) >= 11 is 16.5. The average Bonchev–Trinajstić information content (AvgIpc) is 2.63. The van der Waals surface area contributed by atoms with Crippen molar-refractivity contribution in [1.82, 2.24) is 0 Å². The minimum atomic E-state index is -1.75. The van der Waals surface area contributed by atoms with Crippen LogP contribution in [-0.2, 0) is 19.1 Å². The lowest BCUT2D eigenvalue weighted by molar-refractivity contribution is -0.158. The fourth-order valence-electron chi connectivity index (χ4n) is 1.50. The molecule has 0 N–H and O–H groups in total. The van der Waals surface area contributed by atoms with Gasteiger partial charge in [0.25, 0.3) is 5.54 Å². The molecule has 1 aliphatic heterocycles. The highest BCUT2D eigenvalue weighted by molar-refractivity contribution is 6.67. The first-order valence-electron chi connectivity index (χ1n) is 5.99. The summed E-state index contributed by atoms with van der Waals surface area (Å²) in [6.45, 7) is 6.62. The molecule has 0 aromatic rings. The molecule has 1 aliphatic rings. The standard InChI is InChI=1S/C12H16Cl3NO4/c1-5-11(8(17)19-6-12(13,14)15)9(18)20-7(16-11)10(2,3)4/h5-6H2,1-4H3/t11-/m0/s1. The smallest absolute Gasteiger partial charge is 0.352 e. The van der Waals surface area contributed by atoms with Gasteiger partial charge >= 0.3 is 11.9 Å². The fraction of sp³-hybridized carbons (Fsp3) is 0.750. The molecule has 1 heterocycles. The SMILES string of the molecule is CC[C@@]1(C(=O)OCC(Cl)(Cl)Cl)N=C(C(C)(C)C)OC1=O. The molecule has 20 heavy (non-hydrogen) atoms. The van der Waals surface area contributed by atoms with Gasteiger partial charge in [-0.15, -0.1) is 0 Å². The van der Waals surface area contributed by atoms with E-state index in [1.807, 2.05) is 20.8 Å². The molecule has 0 saturated heterocycles. The number of cyclic esters (lactones) is 1. The van der Waals surface area contributed by atoms with Gasteiger partial charge in [-0.1, -0.05) is 62.5 Å². The number of aliphatic imine (C=N–C) groups is 1. The Morgan fingerprint density at radius 2 is 1.90 bits per heavy atom. The van der Waals surface area contributed by atoms with Crippen molar-refractivity contribution in [1.29, 1.82) is 0 Å². The Balaban J connectivity index is 3.00. The van der Waals surface area contributed by atoms with E-state index >= 15 is 0 Å². The maximum Gasteiger partial charge on any atom is 0.352 e. The monoisotopic (exact) mass is 343 g/mol. The molecule has 0 spiro atoms. The number of halogens is 3. The molecule has 0 radical (unpaired) electrons. The molecule has 0 aromatic carbocycles. The minimum absolute atomic E-state index is 0.101. The van der Waals surface area contributed by atoms with Gasteiger partial charge in [0.2, 0.25) is 9.69 Å². The fourth-order valence-corrected chi connectivity index (χ4v) is 1.66. The maximum absolute atomic E-state index is 12.1. The van der Waals surface area contributed by atoms with E-state index in [1.54, 1.807) is 6.92 Å². The Bertz CT molecular complexity index is 451. The molecule has 0 fully saturated rings. The molecular weight excluding hydrogens is 328 g/mol. The summed E-state index contributed by atoms with van der Waals surface area (Å²) in [5.74, 6) is -1.45. The number of esters is 2. The van der Waals surface area contributed by atoms with Crippen molar-refractivity contribution < 1.29 is 19.1 Å². The van der Waals surface area contributed by atoms with E-state index in [4.69, 9.17) is 44.3 Å². The Morgan fingerprint density at radius 1 is 1.35 bits per heavy atom. The highest BCUT2D eigenvalue weighted by Gasteiger charge is 2.54. The third-order valence-corrected chi connectivity index (χ3v) is 3.00. The Morgan fingerprint density at radius 3 is 2.25 bits per heavy atom. The van der Waals surface area contributed by atoms with Crippen LogP contribution < -0.4 is 0 Å². The normalized spacial score (nSPS) is 23.4. The maximum atomic E-state index is 12.1. The topological polar surface area (TPSA) is 65.0 Å². The number of hydrogen-bond acceptors (Lipinski definition) is 5. The van der Waals surface area contributed by atoms with Crippen LogP contribution in [0.4, 0.5) is 0 Å². The van der Waals surface area contributed by atoms with Crippen LogP contribution in [0.5, 0.6) is 0 Å². The van der Waals surface area contributed by atoms with E-state index in [2.05, 4.69) is 4.99 Å². The average molecular weight is 345 g/mol. The Hall–Kier alpha value is -0.520. The number of carbonyl (C=O) groups excluding carboxylic acids is 2. The molecule has 0 unspecified atom stereocenters. The van der Waals surface area contributed by atoms with Crippen LogP contribution in [0.1, 0.15) is 34.1 Å². The molecule has 114 valence electrons. The van der Waals surface area contributed by atoms with Crippen molar-refractivity contribution in [2.24, 2.45) is 10.4 Å². The lowest BCUT2D eigenvalue weighted by Gasteiger charge is -2.20. The zero-order valence-corrected chi connectivity index (χ0v) is 13.9. The first kappa shape index (κ1) is 17.5. The predicted molar refractivity (Wildman–Crippen MR) is 77.3 cm³/mol. The third kappa shape index (κ3) is 3.77. The summed E-state index contributed by atoms with van der Waals surface area (Å²) in [6.07, 6.45) is 0.101. The van der Waals surface area contributed by atoms with Gasteiger partial charge in [-0.2, -0.15) is 0 Å². The van der Waals surface area contributed by atoms with Gasteiger partial charge in [0.1, 0.15) is 6.61 Å². The van der Waals surface area contributed by atoms with Crippen LogP contribution in [0.25, 0.3) is 0 Å². The van der Waals surface area contributed by atoms with Crippen LogP contribution in [0, 0.1) is 5.41 Å². The van der Waals surface area contributed by atoms with E-state index in [9.17, 15) is 9.59 Å². The summed E-state index contributed by atoms with van der Waals surface area (Å²) in [7, 11) is 0. The highest BCUT2D eigenvalue weighted by atomic mass is 35.6. The van der Waals surface area contributed by atoms with Gasteiger partial charge in [0.15, 0.2) is 0 Å². The minimum Gasteiger partial charge on any atom is -0.459 e. The molecule has 1 rings (SSSR count). The molecule has 1 atom stereocenters. The van der Waals surface area contributed by atoms with Crippen molar-refractivity contribution in [2.75, 3.05) is 6.61 Å². The second-order valence-corrected chi connectivity index (χ2v) is 7.98. The van der Waals surface area contributed by atoms with Crippen molar-refractivity contribution in [3.05, 3.63) is 0 Å². The summed E-state index contributed by atoms with van der Waals surface area (Å²) in [4.78, 5) is 28.3. The zero-order valence-electron chi connectivity index (χ0n) is 11.6. The van der Waals surface area contributed by atoms with Crippen LogP contribution in [0.2, 0.25) is 0 Å². The molecule has 8 heteroatoms. The quantitative estimate of drug-likeness (QED) is 0.448. The molecule has 0 aromatic heterocycles. The number of rotatable bonds is 3. The van der Waals surface area contributed by atoms with Crippen LogP contribution in [-0.4, -0.2) is 33.8 Å². The number of nitrogens with zero attached hydrogens (tertiary/aromatic N) is 1. The van der Waals surface area contributed by atoms with Crippen LogP contribution >= 0.6 is 34.8 Å². The number of hydrogen-bond donors (Lipinski definition) is 0. The largest absolute Gasteiger partial charge is 0.459 e. The Kier molecular flexibility index (Phi) is 4.99. The molecule has 0 saturated carbocycles. The van der Waals surface area contributed by atoms with Gasteiger partial charge in [-0.05, 0) is 6.42 Å². The first-order chi connectivity index (χ1) is 8.92. The summed E-state index contributed by atoms with van der Waals surface area (Å²) in [5, 5.41) is 0. The van der Waals surface area contributed by atoms with E-state index in [0.717, 1.165) is 0 Å². The van der Waals surface area contributed by atoms with Crippen molar-refractivity contribution in [3.8, 4) is 0 Å². The molecular formula is C12H16Cl3NO4. The zero-order chi connectivity index (χ0) is 15.8. The lowest BCUT2D eigenvalue weighted by atomic mass is 9.95. The number of ether oxygens (including phenoxy) is 2. The highest BCUT2D eigenvalue weighted by Crippen LogP contribution is 2.33. The molecule has 5 nitrogen and oxygen atoms in total. The van der Waals surface area contributed by atoms with Gasteiger partial charge in [0, 0.05) is 5.41 Å². The molecule has 0 amide bonds. The van der Waals surface area contributed by atoms with Crippen molar-refractivity contribution >= 4 is 52.6 Å². The summed E-state index contributed by atoms with van der Waals surface area (Å²) < 4.78 is 8.22. The molecule has 0 bridgehead atoms. The van der Waals surface area contributed by atoms with Gasteiger partial charge < -0.3 is 9.47 Å². The summed E-state index contributed by atoms with van der Waals surface area (Å²) in [6, 6.07) is 0. The van der Waals surface area contributed by atoms with Gasteiger partial charge in [-0.25, -0.2) is 14.6 Å².